The third-order valence-corrected chi connectivity index (χ3v) is 6.50. The van der Waals surface area contributed by atoms with Crippen LogP contribution in [0.1, 0.15) is 51.5 Å². The van der Waals surface area contributed by atoms with Gasteiger partial charge in [-0.25, -0.2) is 4.39 Å². The third-order valence-electron chi connectivity index (χ3n) is 4.56. The summed E-state index contributed by atoms with van der Waals surface area (Å²) >= 11 is 0. The smallest absolute Gasteiger partial charge is 0.207 e. The minimum atomic E-state index is -3.47. The van der Waals surface area contributed by atoms with Crippen LogP contribution in [0.15, 0.2) is 24.3 Å². The van der Waals surface area contributed by atoms with Gasteiger partial charge < -0.3 is 0 Å². The average molecular weight is 357 g/mol. The van der Waals surface area contributed by atoms with Gasteiger partial charge in [0, 0.05) is 26.2 Å². The van der Waals surface area contributed by atoms with E-state index in [-0.39, 0.29) is 5.82 Å². The van der Waals surface area contributed by atoms with Gasteiger partial charge in [0.25, 0.3) is 10.2 Å². The molecular weight excluding hydrogens is 327 g/mol. The van der Waals surface area contributed by atoms with Crippen molar-refractivity contribution in [2.45, 2.75) is 52.5 Å². The third kappa shape index (κ3) is 5.26. The SMILES string of the molecule is CCCCCN(Cc1ccc(F)cc1)S(=O)(=O)N1CCCC(C)C1. The van der Waals surface area contributed by atoms with E-state index in [0.717, 1.165) is 37.7 Å². The number of nitrogens with zero attached hydrogens (tertiary/aromatic N) is 2. The molecule has 0 aliphatic carbocycles. The lowest BCUT2D eigenvalue weighted by Crippen LogP contribution is -2.47. The van der Waals surface area contributed by atoms with Gasteiger partial charge in [0.1, 0.15) is 5.82 Å². The van der Waals surface area contributed by atoms with Crippen LogP contribution in [0.5, 0.6) is 0 Å². The fourth-order valence-electron chi connectivity index (χ4n) is 3.13. The summed E-state index contributed by atoms with van der Waals surface area (Å²) in [4.78, 5) is 0. The summed E-state index contributed by atoms with van der Waals surface area (Å²) < 4.78 is 42.4. The van der Waals surface area contributed by atoms with Crippen molar-refractivity contribution in [3.05, 3.63) is 35.6 Å². The minimum Gasteiger partial charge on any atom is -0.207 e. The number of piperidine rings is 1. The predicted molar refractivity (Wildman–Crippen MR) is 95.2 cm³/mol. The topological polar surface area (TPSA) is 40.6 Å². The molecule has 0 amide bonds. The second-order valence-electron chi connectivity index (χ2n) is 6.78. The van der Waals surface area contributed by atoms with Gasteiger partial charge in [0.05, 0.1) is 0 Å². The molecule has 2 rings (SSSR count). The van der Waals surface area contributed by atoms with Gasteiger partial charge in [0.15, 0.2) is 0 Å². The highest BCUT2D eigenvalue weighted by atomic mass is 32.2. The van der Waals surface area contributed by atoms with Crippen molar-refractivity contribution in [3.63, 3.8) is 0 Å². The van der Waals surface area contributed by atoms with Gasteiger partial charge in [-0.05, 0) is 42.9 Å². The molecule has 0 aromatic heterocycles. The Morgan fingerprint density at radius 1 is 1.25 bits per heavy atom. The lowest BCUT2D eigenvalue weighted by Gasteiger charge is -2.34. The summed E-state index contributed by atoms with van der Waals surface area (Å²) in [6, 6.07) is 6.09. The Morgan fingerprint density at radius 2 is 1.96 bits per heavy atom. The average Bonchev–Trinajstić information content (AvgIpc) is 2.56. The standard InChI is InChI=1S/C18H29FN2O2S/c1-3-4-5-12-21(15-17-8-10-18(19)11-9-17)24(22,23)20-13-6-7-16(2)14-20/h8-11,16H,3-7,12-15H2,1-2H3. The van der Waals surface area contributed by atoms with E-state index in [1.54, 1.807) is 20.7 Å². The zero-order valence-corrected chi connectivity index (χ0v) is 15.6. The van der Waals surface area contributed by atoms with Gasteiger partial charge in [-0.2, -0.15) is 17.0 Å². The van der Waals surface area contributed by atoms with E-state index in [0.29, 0.717) is 32.1 Å². The molecule has 1 heterocycles. The number of halogens is 1. The molecule has 0 N–H and O–H groups in total. The van der Waals surface area contributed by atoms with Crippen molar-refractivity contribution in [3.8, 4) is 0 Å². The minimum absolute atomic E-state index is 0.302. The van der Waals surface area contributed by atoms with Crippen LogP contribution < -0.4 is 0 Å². The Hall–Kier alpha value is -0.980. The molecule has 6 heteroatoms. The molecule has 0 saturated carbocycles. The van der Waals surface area contributed by atoms with Crippen LogP contribution >= 0.6 is 0 Å². The number of benzene rings is 1. The quantitative estimate of drug-likeness (QED) is 0.665. The van der Waals surface area contributed by atoms with E-state index in [1.165, 1.54) is 12.1 Å². The molecule has 1 fully saturated rings. The van der Waals surface area contributed by atoms with Crippen LogP contribution in [0.4, 0.5) is 4.39 Å². The number of hydrogen-bond acceptors (Lipinski definition) is 2. The van der Waals surface area contributed by atoms with Crippen molar-refractivity contribution in [1.29, 1.82) is 0 Å². The van der Waals surface area contributed by atoms with Crippen molar-refractivity contribution < 1.29 is 12.8 Å². The molecule has 0 bridgehead atoms. The normalized spacial score (nSPS) is 19.8. The molecule has 1 atom stereocenters. The van der Waals surface area contributed by atoms with Crippen LogP contribution in [0, 0.1) is 11.7 Å². The first-order chi connectivity index (χ1) is 11.4. The largest absolute Gasteiger partial charge is 0.282 e. The van der Waals surface area contributed by atoms with Gasteiger partial charge in [0.2, 0.25) is 0 Å². The maximum absolute atomic E-state index is 13.1. The summed E-state index contributed by atoms with van der Waals surface area (Å²) in [6.45, 7) is 6.21. The molecule has 4 nitrogen and oxygen atoms in total. The summed E-state index contributed by atoms with van der Waals surface area (Å²) in [6.07, 6.45) is 4.90. The van der Waals surface area contributed by atoms with Crippen LogP contribution in [0.3, 0.4) is 0 Å². The van der Waals surface area contributed by atoms with E-state index >= 15 is 0 Å². The molecule has 1 aliphatic heterocycles. The van der Waals surface area contributed by atoms with E-state index in [9.17, 15) is 12.8 Å². The molecular formula is C18H29FN2O2S. The van der Waals surface area contributed by atoms with Crippen LogP contribution in [-0.4, -0.2) is 36.7 Å². The lowest BCUT2D eigenvalue weighted by molar-refractivity contribution is 0.254. The number of unbranched alkanes of at least 4 members (excludes halogenated alkanes) is 2. The highest BCUT2D eigenvalue weighted by molar-refractivity contribution is 7.86. The van der Waals surface area contributed by atoms with Crippen LogP contribution in [-0.2, 0) is 16.8 Å². The summed E-state index contributed by atoms with van der Waals surface area (Å²) in [5, 5.41) is 0. The monoisotopic (exact) mass is 356 g/mol. The Labute approximate surface area is 145 Å². The maximum atomic E-state index is 13.1. The molecule has 0 spiro atoms. The predicted octanol–water partition coefficient (Wildman–Crippen LogP) is 3.79. The zero-order valence-electron chi connectivity index (χ0n) is 14.7. The van der Waals surface area contributed by atoms with Gasteiger partial charge in [-0.3, -0.25) is 0 Å². The molecule has 1 aromatic carbocycles. The van der Waals surface area contributed by atoms with Crippen LogP contribution in [0.25, 0.3) is 0 Å². The molecule has 1 aliphatic rings. The molecule has 136 valence electrons. The van der Waals surface area contributed by atoms with E-state index < -0.39 is 10.2 Å². The zero-order chi connectivity index (χ0) is 17.6. The Bertz CT molecular complexity index is 604. The van der Waals surface area contributed by atoms with Gasteiger partial charge >= 0.3 is 0 Å². The first kappa shape index (κ1) is 19.3. The summed E-state index contributed by atoms with van der Waals surface area (Å²) in [5.74, 6) is 0.0980. The van der Waals surface area contributed by atoms with Crippen LogP contribution in [0.2, 0.25) is 0 Å². The number of hydrogen-bond donors (Lipinski definition) is 0. The van der Waals surface area contributed by atoms with E-state index in [1.807, 2.05) is 0 Å². The Kier molecular flexibility index (Phi) is 7.19. The highest BCUT2D eigenvalue weighted by Gasteiger charge is 2.32. The van der Waals surface area contributed by atoms with E-state index in [2.05, 4.69) is 13.8 Å². The lowest BCUT2D eigenvalue weighted by atomic mass is 10.0. The first-order valence-corrected chi connectivity index (χ1v) is 10.3. The second kappa shape index (κ2) is 8.92. The molecule has 0 radical (unpaired) electrons. The summed E-state index contributed by atoms with van der Waals surface area (Å²) in [7, 11) is -3.47. The van der Waals surface area contributed by atoms with Crippen molar-refractivity contribution >= 4 is 10.2 Å². The fraction of sp³-hybridized carbons (Fsp3) is 0.667. The van der Waals surface area contributed by atoms with E-state index in [4.69, 9.17) is 0 Å². The molecule has 1 unspecified atom stereocenters. The second-order valence-corrected chi connectivity index (χ2v) is 8.71. The Morgan fingerprint density at radius 3 is 2.58 bits per heavy atom. The number of rotatable bonds is 8. The highest BCUT2D eigenvalue weighted by Crippen LogP contribution is 2.22. The molecule has 1 aromatic rings. The van der Waals surface area contributed by atoms with Gasteiger partial charge in [-0.15, -0.1) is 0 Å². The first-order valence-electron chi connectivity index (χ1n) is 8.93. The van der Waals surface area contributed by atoms with Crippen molar-refractivity contribution in [1.82, 2.24) is 8.61 Å². The molecule has 1 saturated heterocycles. The van der Waals surface area contributed by atoms with Crippen molar-refractivity contribution in [2.24, 2.45) is 5.92 Å². The summed E-state index contributed by atoms with van der Waals surface area (Å²) in [5.41, 5.74) is 0.821. The fourth-order valence-corrected chi connectivity index (χ4v) is 4.93. The maximum Gasteiger partial charge on any atom is 0.282 e. The van der Waals surface area contributed by atoms with Gasteiger partial charge in [-0.1, -0.05) is 38.8 Å². The molecule has 24 heavy (non-hydrogen) atoms. The Balaban J connectivity index is 2.15. The van der Waals surface area contributed by atoms with Crippen molar-refractivity contribution in [2.75, 3.05) is 19.6 Å².